The fourth-order valence-electron chi connectivity index (χ4n) is 2.29. The van der Waals surface area contributed by atoms with E-state index in [1.54, 1.807) is 13.8 Å². The molecule has 1 aliphatic rings. The summed E-state index contributed by atoms with van der Waals surface area (Å²) in [6, 6.07) is 0.455. The van der Waals surface area contributed by atoms with Crippen molar-refractivity contribution in [2.75, 3.05) is 19.6 Å². The van der Waals surface area contributed by atoms with Gasteiger partial charge >= 0.3 is 6.18 Å². The van der Waals surface area contributed by atoms with Gasteiger partial charge in [0.2, 0.25) is 0 Å². The van der Waals surface area contributed by atoms with Gasteiger partial charge in [0.1, 0.15) is 0 Å². The van der Waals surface area contributed by atoms with Crippen molar-refractivity contribution in [2.45, 2.75) is 57.8 Å². The molecule has 1 N–H and O–H groups in total. The van der Waals surface area contributed by atoms with E-state index < -0.39 is 12.7 Å². The van der Waals surface area contributed by atoms with E-state index in [9.17, 15) is 13.2 Å². The van der Waals surface area contributed by atoms with Crippen LogP contribution in [0.5, 0.6) is 0 Å². The molecule has 0 amide bonds. The summed E-state index contributed by atoms with van der Waals surface area (Å²) < 4.78 is 37.0. The number of nitrogens with zero attached hydrogens (tertiary/aromatic N) is 1. The highest BCUT2D eigenvalue weighted by Gasteiger charge is 2.31. The smallest absolute Gasteiger partial charge is 0.313 e. The highest BCUT2D eigenvalue weighted by Crippen LogP contribution is 2.19. The maximum absolute atomic E-state index is 12.3. The Bertz CT molecular complexity index is 210. The van der Waals surface area contributed by atoms with Crippen LogP contribution in [0.2, 0.25) is 0 Å². The zero-order valence-electron chi connectivity index (χ0n) is 10.7. The van der Waals surface area contributed by atoms with Crippen LogP contribution in [-0.4, -0.2) is 42.8 Å². The largest absolute Gasteiger partial charge is 0.401 e. The van der Waals surface area contributed by atoms with Crippen LogP contribution in [0.1, 0.15) is 39.5 Å². The summed E-state index contributed by atoms with van der Waals surface area (Å²) >= 11 is 0. The summed E-state index contributed by atoms with van der Waals surface area (Å²) in [5, 5.41) is 3.34. The van der Waals surface area contributed by atoms with Crippen molar-refractivity contribution in [3.63, 3.8) is 0 Å². The van der Waals surface area contributed by atoms with E-state index >= 15 is 0 Å². The van der Waals surface area contributed by atoms with Gasteiger partial charge in [0, 0.05) is 25.2 Å². The van der Waals surface area contributed by atoms with Gasteiger partial charge in [-0.15, -0.1) is 0 Å². The molecule has 0 atom stereocenters. The van der Waals surface area contributed by atoms with Crippen molar-refractivity contribution < 1.29 is 13.2 Å². The van der Waals surface area contributed by atoms with E-state index in [0.29, 0.717) is 19.1 Å². The van der Waals surface area contributed by atoms with Gasteiger partial charge in [0.25, 0.3) is 0 Å². The second-order valence-electron chi connectivity index (χ2n) is 5.11. The molecule has 0 aromatic carbocycles. The normalized spacial score (nSPS) is 18.5. The van der Waals surface area contributed by atoms with Gasteiger partial charge in [-0.25, -0.2) is 0 Å². The number of nitrogens with one attached hydrogen (secondary N) is 1. The summed E-state index contributed by atoms with van der Waals surface area (Å²) in [4.78, 5) is 1.47. The number of alkyl halides is 3. The van der Waals surface area contributed by atoms with E-state index in [2.05, 4.69) is 5.32 Å². The Kier molecular flexibility index (Phi) is 5.73. The van der Waals surface area contributed by atoms with Gasteiger partial charge in [-0.2, -0.15) is 13.2 Å². The van der Waals surface area contributed by atoms with Gasteiger partial charge in [-0.05, 0) is 26.7 Å². The average molecular weight is 252 g/mol. The highest BCUT2D eigenvalue weighted by molar-refractivity contribution is 4.75. The van der Waals surface area contributed by atoms with Crippen LogP contribution < -0.4 is 5.32 Å². The SMILES string of the molecule is CC(C)N(CCNC1CCCC1)CC(F)(F)F. The monoisotopic (exact) mass is 252 g/mol. The van der Waals surface area contributed by atoms with Crippen molar-refractivity contribution in [3.8, 4) is 0 Å². The first kappa shape index (κ1) is 14.8. The fourth-order valence-corrected chi connectivity index (χ4v) is 2.29. The zero-order valence-corrected chi connectivity index (χ0v) is 10.7. The van der Waals surface area contributed by atoms with Crippen molar-refractivity contribution in [1.29, 1.82) is 0 Å². The van der Waals surface area contributed by atoms with Gasteiger partial charge in [0.15, 0.2) is 0 Å². The molecule has 1 fully saturated rings. The molecule has 1 rings (SSSR count). The molecule has 5 heteroatoms. The van der Waals surface area contributed by atoms with Gasteiger partial charge in [-0.3, -0.25) is 4.90 Å². The third-order valence-electron chi connectivity index (χ3n) is 3.30. The Morgan fingerprint density at radius 2 is 1.82 bits per heavy atom. The van der Waals surface area contributed by atoms with E-state index in [0.717, 1.165) is 0 Å². The van der Waals surface area contributed by atoms with E-state index in [1.165, 1.54) is 30.6 Å². The predicted octanol–water partition coefficient (Wildman–Crippen LogP) is 2.79. The Hall–Kier alpha value is -0.290. The number of hydrogen-bond acceptors (Lipinski definition) is 2. The van der Waals surface area contributed by atoms with E-state index in [-0.39, 0.29) is 6.04 Å². The molecule has 0 saturated heterocycles. The van der Waals surface area contributed by atoms with Crippen LogP contribution in [-0.2, 0) is 0 Å². The minimum absolute atomic E-state index is 0.0676. The first-order valence-corrected chi connectivity index (χ1v) is 6.42. The Morgan fingerprint density at radius 3 is 2.29 bits per heavy atom. The predicted molar refractivity (Wildman–Crippen MR) is 63.0 cm³/mol. The van der Waals surface area contributed by atoms with E-state index in [4.69, 9.17) is 0 Å². The van der Waals surface area contributed by atoms with E-state index in [1.807, 2.05) is 0 Å². The molecule has 1 aliphatic carbocycles. The lowest BCUT2D eigenvalue weighted by atomic mass is 10.2. The molecule has 0 heterocycles. The third-order valence-corrected chi connectivity index (χ3v) is 3.30. The second kappa shape index (κ2) is 6.59. The van der Waals surface area contributed by atoms with Crippen molar-refractivity contribution >= 4 is 0 Å². The standard InChI is InChI=1S/C12H23F3N2/c1-10(2)17(9-12(13,14)15)8-7-16-11-5-3-4-6-11/h10-11,16H,3-9H2,1-2H3. The van der Waals surface area contributed by atoms with Crippen LogP contribution in [0.15, 0.2) is 0 Å². The lowest BCUT2D eigenvalue weighted by molar-refractivity contribution is -0.149. The minimum atomic E-state index is -4.10. The maximum Gasteiger partial charge on any atom is 0.401 e. The van der Waals surface area contributed by atoms with Crippen molar-refractivity contribution in [1.82, 2.24) is 10.2 Å². The first-order chi connectivity index (χ1) is 7.88. The number of hydrogen-bond donors (Lipinski definition) is 1. The topological polar surface area (TPSA) is 15.3 Å². The van der Waals surface area contributed by atoms with Gasteiger partial charge in [-0.1, -0.05) is 12.8 Å². The Labute approximate surface area is 102 Å². The summed E-state index contributed by atoms with van der Waals surface area (Å²) in [6.07, 6.45) is 0.724. The molecular formula is C12H23F3N2. The first-order valence-electron chi connectivity index (χ1n) is 6.42. The molecule has 0 aromatic rings. The Balaban J connectivity index is 2.24. The summed E-state index contributed by atoms with van der Waals surface area (Å²) in [7, 11) is 0. The number of rotatable bonds is 6. The molecule has 17 heavy (non-hydrogen) atoms. The van der Waals surface area contributed by atoms with Gasteiger partial charge in [0.05, 0.1) is 6.54 Å². The molecule has 0 radical (unpaired) electrons. The quantitative estimate of drug-likeness (QED) is 0.782. The molecule has 0 unspecified atom stereocenters. The van der Waals surface area contributed by atoms with Crippen LogP contribution in [0.25, 0.3) is 0 Å². The lowest BCUT2D eigenvalue weighted by Crippen LogP contribution is -2.43. The van der Waals surface area contributed by atoms with Crippen LogP contribution in [0, 0.1) is 0 Å². The van der Waals surface area contributed by atoms with Crippen LogP contribution in [0.4, 0.5) is 13.2 Å². The summed E-state index contributed by atoms with van der Waals surface area (Å²) in [5.41, 5.74) is 0. The molecule has 1 saturated carbocycles. The van der Waals surface area contributed by atoms with Crippen molar-refractivity contribution in [3.05, 3.63) is 0 Å². The van der Waals surface area contributed by atoms with Crippen LogP contribution in [0.3, 0.4) is 0 Å². The van der Waals surface area contributed by atoms with Crippen molar-refractivity contribution in [2.24, 2.45) is 0 Å². The molecule has 2 nitrogen and oxygen atoms in total. The maximum atomic E-state index is 12.3. The molecular weight excluding hydrogens is 229 g/mol. The molecule has 0 aromatic heterocycles. The molecule has 0 bridgehead atoms. The molecule has 0 aliphatic heterocycles. The molecule has 0 spiro atoms. The third kappa shape index (κ3) is 6.27. The van der Waals surface area contributed by atoms with Gasteiger partial charge < -0.3 is 5.32 Å². The summed E-state index contributed by atoms with van der Waals surface area (Å²) in [6.45, 7) is 3.92. The number of halogens is 3. The fraction of sp³-hybridized carbons (Fsp3) is 1.00. The summed E-state index contributed by atoms with van der Waals surface area (Å²) in [5.74, 6) is 0. The average Bonchev–Trinajstić information content (AvgIpc) is 2.67. The second-order valence-corrected chi connectivity index (χ2v) is 5.11. The highest BCUT2D eigenvalue weighted by atomic mass is 19.4. The molecule has 102 valence electrons. The van der Waals surface area contributed by atoms with Crippen LogP contribution >= 0.6 is 0 Å². The lowest BCUT2D eigenvalue weighted by Gasteiger charge is -2.28. The minimum Gasteiger partial charge on any atom is -0.313 e. The zero-order chi connectivity index (χ0) is 12.9. The Morgan fingerprint density at radius 1 is 1.24 bits per heavy atom.